The second-order valence-corrected chi connectivity index (χ2v) is 7.95. The van der Waals surface area contributed by atoms with Crippen molar-refractivity contribution in [3.63, 3.8) is 0 Å². The molecular formula is C16H16ClNO4S. The lowest BCUT2D eigenvalue weighted by molar-refractivity contribution is -0.142. The Morgan fingerprint density at radius 1 is 1.17 bits per heavy atom. The summed E-state index contributed by atoms with van der Waals surface area (Å²) >= 11 is 6.14. The Hall–Kier alpha value is -1.63. The molecule has 1 saturated heterocycles. The molecule has 0 radical (unpaired) electrons. The van der Waals surface area contributed by atoms with E-state index in [1.807, 2.05) is 0 Å². The molecule has 1 N–H and O–H groups in total. The van der Waals surface area contributed by atoms with Crippen molar-refractivity contribution in [3.05, 3.63) is 41.4 Å². The van der Waals surface area contributed by atoms with E-state index < -0.39 is 21.9 Å². The molecule has 0 aromatic heterocycles. The highest BCUT2D eigenvalue weighted by Gasteiger charge is 2.34. The summed E-state index contributed by atoms with van der Waals surface area (Å²) in [6.45, 7) is 0.345. The number of aliphatic carboxylic acids is 1. The Bertz CT molecular complexity index is 866. The number of carboxylic acids is 1. The van der Waals surface area contributed by atoms with E-state index in [-0.39, 0.29) is 11.4 Å². The Morgan fingerprint density at radius 2 is 1.87 bits per heavy atom. The minimum absolute atomic E-state index is 0.00855. The smallest absolute Gasteiger partial charge is 0.307 e. The van der Waals surface area contributed by atoms with Crippen LogP contribution >= 0.6 is 11.6 Å². The second-order valence-electron chi connectivity index (χ2n) is 5.63. The number of halogens is 1. The van der Waals surface area contributed by atoms with E-state index in [0.29, 0.717) is 35.2 Å². The van der Waals surface area contributed by atoms with Gasteiger partial charge >= 0.3 is 5.97 Å². The van der Waals surface area contributed by atoms with E-state index >= 15 is 0 Å². The predicted molar refractivity (Wildman–Crippen MR) is 88.1 cm³/mol. The van der Waals surface area contributed by atoms with Crippen molar-refractivity contribution in [2.75, 3.05) is 13.1 Å². The van der Waals surface area contributed by atoms with Gasteiger partial charge in [0.15, 0.2) is 0 Å². The van der Waals surface area contributed by atoms with Gasteiger partial charge in [0.05, 0.1) is 10.8 Å². The van der Waals surface area contributed by atoms with Gasteiger partial charge in [-0.15, -0.1) is 0 Å². The second kappa shape index (κ2) is 6.11. The summed E-state index contributed by atoms with van der Waals surface area (Å²) in [5.41, 5.74) is 0. The molecule has 3 rings (SSSR count). The van der Waals surface area contributed by atoms with Gasteiger partial charge in [-0.05, 0) is 25.0 Å². The Kier molecular flexibility index (Phi) is 4.31. The first kappa shape index (κ1) is 16.2. The van der Waals surface area contributed by atoms with E-state index in [0.717, 1.165) is 0 Å². The van der Waals surface area contributed by atoms with Crippen molar-refractivity contribution in [1.29, 1.82) is 0 Å². The van der Waals surface area contributed by atoms with Gasteiger partial charge in [-0.3, -0.25) is 4.79 Å². The van der Waals surface area contributed by atoms with E-state index in [4.69, 9.17) is 16.7 Å². The van der Waals surface area contributed by atoms with Crippen LogP contribution in [0, 0.1) is 5.92 Å². The van der Waals surface area contributed by atoms with Gasteiger partial charge in [0.1, 0.15) is 0 Å². The van der Waals surface area contributed by atoms with Crippen LogP contribution in [0.3, 0.4) is 0 Å². The van der Waals surface area contributed by atoms with Crippen LogP contribution in [0.4, 0.5) is 0 Å². The first-order valence-electron chi connectivity index (χ1n) is 7.31. The van der Waals surface area contributed by atoms with Crippen LogP contribution in [0.5, 0.6) is 0 Å². The molecule has 0 amide bonds. The van der Waals surface area contributed by atoms with Crippen LogP contribution in [-0.4, -0.2) is 36.9 Å². The molecule has 2 aromatic carbocycles. The summed E-state index contributed by atoms with van der Waals surface area (Å²) in [6.07, 6.45) is 1.05. The number of fused-ring (bicyclic) bond motifs is 1. The van der Waals surface area contributed by atoms with Gasteiger partial charge in [0.25, 0.3) is 0 Å². The number of rotatable bonds is 3. The minimum atomic E-state index is -3.76. The standard InChI is InChI=1S/C16H16ClNO4S/c17-14-7-8-15(13-6-2-1-5-12(13)14)23(21,22)18-9-3-4-11(10-18)16(19)20/h1-2,5-8,11H,3-4,9-10H2,(H,19,20). The van der Waals surface area contributed by atoms with Gasteiger partial charge in [-0.2, -0.15) is 4.31 Å². The lowest BCUT2D eigenvalue weighted by atomic mass is 10.0. The zero-order valence-electron chi connectivity index (χ0n) is 12.3. The molecule has 2 aromatic rings. The molecule has 0 saturated carbocycles. The molecule has 1 aliphatic rings. The number of hydrogen-bond donors (Lipinski definition) is 1. The minimum Gasteiger partial charge on any atom is -0.481 e. The van der Waals surface area contributed by atoms with E-state index in [1.54, 1.807) is 30.3 Å². The molecule has 23 heavy (non-hydrogen) atoms. The highest BCUT2D eigenvalue weighted by Crippen LogP contribution is 2.32. The Morgan fingerprint density at radius 3 is 2.57 bits per heavy atom. The molecule has 5 nitrogen and oxygen atoms in total. The van der Waals surface area contributed by atoms with Gasteiger partial charge in [0, 0.05) is 28.9 Å². The Balaban J connectivity index is 2.07. The number of carboxylic acid groups (broad SMARTS) is 1. The molecule has 1 fully saturated rings. The zero-order valence-corrected chi connectivity index (χ0v) is 13.8. The highest BCUT2D eigenvalue weighted by atomic mass is 35.5. The number of carbonyl (C=O) groups is 1. The molecular weight excluding hydrogens is 338 g/mol. The lowest BCUT2D eigenvalue weighted by Gasteiger charge is -2.30. The maximum Gasteiger partial charge on any atom is 0.307 e. The number of hydrogen-bond acceptors (Lipinski definition) is 3. The van der Waals surface area contributed by atoms with Crippen LogP contribution in [-0.2, 0) is 14.8 Å². The summed E-state index contributed by atoms with van der Waals surface area (Å²) in [5.74, 6) is -1.61. The molecule has 0 spiro atoms. The third kappa shape index (κ3) is 2.94. The summed E-state index contributed by atoms with van der Waals surface area (Å²) in [7, 11) is -3.76. The average molecular weight is 354 g/mol. The number of piperidine rings is 1. The van der Waals surface area contributed by atoms with Crippen LogP contribution in [0.2, 0.25) is 5.02 Å². The molecule has 1 aliphatic heterocycles. The SMILES string of the molecule is O=C(O)C1CCCN(S(=O)(=O)c2ccc(Cl)c3ccccc23)C1. The Labute approximate surface area is 139 Å². The van der Waals surface area contributed by atoms with Gasteiger partial charge in [-0.1, -0.05) is 35.9 Å². The van der Waals surface area contributed by atoms with Gasteiger partial charge in [0.2, 0.25) is 10.0 Å². The highest BCUT2D eigenvalue weighted by molar-refractivity contribution is 7.89. The summed E-state index contributed by atoms with van der Waals surface area (Å²) in [5, 5.41) is 10.9. The molecule has 1 heterocycles. The van der Waals surface area contributed by atoms with E-state index in [1.165, 1.54) is 10.4 Å². The fourth-order valence-corrected chi connectivity index (χ4v) is 4.91. The third-order valence-electron chi connectivity index (χ3n) is 4.18. The molecule has 122 valence electrons. The van der Waals surface area contributed by atoms with Gasteiger partial charge in [-0.25, -0.2) is 8.42 Å². The maximum atomic E-state index is 13.0. The number of sulfonamides is 1. The first-order valence-corrected chi connectivity index (χ1v) is 9.13. The molecule has 0 aliphatic carbocycles. The van der Waals surface area contributed by atoms with Crippen LogP contribution < -0.4 is 0 Å². The zero-order chi connectivity index (χ0) is 16.6. The fourth-order valence-electron chi connectivity index (χ4n) is 2.96. The van der Waals surface area contributed by atoms with Crippen molar-refractivity contribution in [2.24, 2.45) is 5.92 Å². The summed E-state index contributed by atoms with van der Waals surface area (Å²) in [4.78, 5) is 11.4. The average Bonchev–Trinajstić information content (AvgIpc) is 2.55. The molecule has 0 bridgehead atoms. The monoisotopic (exact) mass is 353 g/mol. The lowest BCUT2D eigenvalue weighted by Crippen LogP contribution is -2.42. The fraction of sp³-hybridized carbons (Fsp3) is 0.312. The van der Waals surface area contributed by atoms with Gasteiger partial charge < -0.3 is 5.11 Å². The summed E-state index contributed by atoms with van der Waals surface area (Å²) < 4.78 is 27.2. The quantitative estimate of drug-likeness (QED) is 0.920. The predicted octanol–water partition coefficient (Wildman–Crippen LogP) is 2.98. The maximum absolute atomic E-state index is 13.0. The molecule has 1 atom stereocenters. The number of nitrogens with zero attached hydrogens (tertiary/aromatic N) is 1. The van der Waals surface area contributed by atoms with Crippen molar-refractivity contribution in [3.8, 4) is 0 Å². The largest absolute Gasteiger partial charge is 0.481 e. The first-order chi connectivity index (χ1) is 10.9. The summed E-state index contributed by atoms with van der Waals surface area (Å²) in [6, 6.07) is 10.1. The topological polar surface area (TPSA) is 74.7 Å². The van der Waals surface area contributed by atoms with Crippen molar-refractivity contribution in [1.82, 2.24) is 4.31 Å². The number of benzene rings is 2. The van der Waals surface area contributed by atoms with Crippen LogP contribution in [0.1, 0.15) is 12.8 Å². The van der Waals surface area contributed by atoms with E-state index in [9.17, 15) is 13.2 Å². The molecule has 1 unspecified atom stereocenters. The van der Waals surface area contributed by atoms with Crippen LogP contribution in [0.15, 0.2) is 41.3 Å². The van der Waals surface area contributed by atoms with Crippen molar-refractivity contribution < 1.29 is 18.3 Å². The normalized spacial score (nSPS) is 19.8. The molecule has 7 heteroatoms. The third-order valence-corrected chi connectivity index (χ3v) is 6.43. The van der Waals surface area contributed by atoms with Crippen LogP contribution in [0.25, 0.3) is 10.8 Å². The van der Waals surface area contributed by atoms with E-state index in [2.05, 4.69) is 0 Å². The van der Waals surface area contributed by atoms with Crippen molar-refractivity contribution in [2.45, 2.75) is 17.7 Å². The van der Waals surface area contributed by atoms with Crippen molar-refractivity contribution >= 4 is 38.4 Å².